The SMILES string of the molecule is [2H]C([2H])([2H])[C@H](N[P@](=O)(OCC[C@H](CCC)n1c(COCC)nc2c(N)nc3ccccc3c21)Oc1ccccc1)C(=O)OC(C)C. The van der Waals surface area contributed by atoms with E-state index in [1.54, 1.807) is 44.2 Å². The molecule has 0 saturated carbocycles. The largest absolute Gasteiger partial charge is 0.462 e. The van der Waals surface area contributed by atoms with Gasteiger partial charge in [0.15, 0.2) is 5.82 Å². The summed E-state index contributed by atoms with van der Waals surface area (Å²) < 4.78 is 62.7. The number of esters is 1. The van der Waals surface area contributed by atoms with Gasteiger partial charge in [-0.15, -0.1) is 0 Å². The fourth-order valence-electron chi connectivity index (χ4n) is 4.82. The van der Waals surface area contributed by atoms with Gasteiger partial charge in [0.1, 0.15) is 29.7 Å². The topological polar surface area (TPSA) is 140 Å². The first kappa shape index (κ1) is 28.3. The lowest BCUT2D eigenvalue weighted by molar-refractivity contribution is -0.149. The molecule has 3 N–H and O–H groups in total. The highest BCUT2D eigenvalue weighted by atomic mass is 31.2. The first-order valence-corrected chi connectivity index (χ1v) is 16.0. The van der Waals surface area contributed by atoms with Crippen molar-refractivity contribution in [3.63, 3.8) is 0 Å². The van der Waals surface area contributed by atoms with Gasteiger partial charge >= 0.3 is 13.7 Å². The molecule has 0 bridgehead atoms. The Morgan fingerprint density at radius 1 is 1.09 bits per heavy atom. The number of hydrogen-bond donors (Lipinski definition) is 2. The van der Waals surface area contributed by atoms with E-state index in [1.807, 2.05) is 31.2 Å². The Kier molecular flexibility index (Phi) is 9.73. The van der Waals surface area contributed by atoms with Crippen LogP contribution in [0, 0.1) is 0 Å². The van der Waals surface area contributed by atoms with Crippen LogP contribution >= 0.6 is 7.75 Å². The molecule has 0 radical (unpaired) electrons. The van der Waals surface area contributed by atoms with Gasteiger partial charge in [0, 0.05) is 22.1 Å². The third kappa shape index (κ3) is 8.12. The molecule has 4 aromatic rings. The van der Waals surface area contributed by atoms with Gasteiger partial charge in [0.2, 0.25) is 0 Å². The number of pyridine rings is 1. The Hall–Kier alpha value is -3.50. The first-order valence-electron chi connectivity index (χ1n) is 16.0. The van der Waals surface area contributed by atoms with E-state index in [9.17, 15) is 9.36 Å². The van der Waals surface area contributed by atoms with Crippen molar-refractivity contribution >= 4 is 41.5 Å². The summed E-state index contributed by atoms with van der Waals surface area (Å²) in [5.41, 5.74) is 8.45. The Balaban J connectivity index is 1.70. The zero-order valence-corrected chi connectivity index (χ0v) is 25.9. The molecule has 3 atom stereocenters. The molecular formula is C31H42N5O6P. The summed E-state index contributed by atoms with van der Waals surface area (Å²) in [6, 6.07) is 13.7. The number of nitrogen functional groups attached to an aromatic ring is 1. The number of benzene rings is 2. The average molecular weight is 615 g/mol. The van der Waals surface area contributed by atoms with Crippen LogP contribution in [0.25, 0.3) is 21.9 Å². The molecule has 12 heteroatoms. The smallest absolute Gasteiger partial charge is 0.459 e. The average Bonchev–Trinajstić information content (AvgIpc) is 3.38. The number of para-hydroxylation sites is 2. The monoisotopic (exact) mass is 614 g/mol. The normalized spacial score (nSPS) is 15.9. The molecule has 2 heterocycles. The lowest BCUT2D eigenvalue weighted by Crippen LogP contribution is -2.36. The standard InChI is InChI=1S/C31H42N5O6P/c1-6-13-23(36-27(20-39-7-2)34-28-29(36)25-16-11-12-17-26(25)33-30(28)32)18-19-40-43(38,42-24-14-9-8-10-15-24)35-22(5)31(37)41-21(3)4/h8-12,14-17,21-23H,6-7,13,18-20H2,1-5H3,(H2,32,33)(H,35,38)/t22-,23-,43-/m0/s1/i5D3. The molecule has 232 valence electrons. The highest BCUT2D eigenvalue weighted by Crippen LogP contribution is 2.45. The van der Waals surface area contributed by atoms with Gasteiger partial charge in [-0.1, -0.05) is 49.7 Å². The quantitative estimate of drug-likeness (QED) is 0.105. The molecule has 0 unspecified atom stereocenters. The van der Waals surface area contributed by atoms with Gasteiger partial charge < -0.3 is 24.3 Å². The van der Waals surface area contributed by atoms with Gasteiger partial charge in [-0.05, 0) is 58.7 Å². The number of hydrogen-bond acceptors (Lipinski definition) is 9. The zero-order chi connectivity index (χ0) is 33.5. The van der Waals surface area contributed by atoms with E-state index in [1.165, 1.54) is 0 Å². The van der Waals surface area contributed by atoms with E-state index in [2.05, 4.69) is 21.6 Å². The third-order valence-corrected chi connectivity index (χ3v) is 8.15. The summed E-state index contributed by atoms with van der Waals surface area (Å²) in [6.07, 6.45) is 1.23. The van der Waals surface area contributed by atoms with Crippen LogP contribution in [0.2, 0.25) is 0 Å². The highest BCUT2D eigenvalue weighted by molar-refractivity contribution is 7.52. The van der Waals surface area contributed by atoms with Crippen molar-refractivity contribution in [3.8, 4) is 5.75 Å². The van der Waals surface area contributed by atoms with Gasteiger partial charge in [-0.25, -0.2) is 14.5 Å². The second-order valence-electron chi connectivity index (χ2n) is 10.3. The summed E-state index contributed by atoms with van der Waals surface area (Å²) >= 11 is 0. The first-order chi connectivity index (χ1) is 21.9. The number of anilines is 1. The van der Waals surface area contributed by atoms with Crippen molar-refractivity contribution in [2.75, 3.05) is 18.9 Å². The minimum atomic E-state index is -4.46. The molecule has 0 amide bonds. The number of carbonyl (C=O) groups is 1. The second kappa shape index (κ2) is 14.8. The van der Waals surface area contributed by atoms with E-state index in [0.29, 0.717) is 36.6 Å². The molecule has 0 fully saturated rings. The number of nitrogens with two attached hydrogens (primary N) is 1. The van der Waals surface area contributed by atoms with Gasteiger partial charge in [0.05, 0.1) is 23.7 Å². The molecular weight excluding hydrogens is 569 g/mol. The Morgan fingerprint density at radius 2 is 1.84 bits per heavy atom. The van der Waals surface area contributed by atoms with E-state index in [4.69, 9.17) is 33.4 Å². The van der Waals surface area contributed by atoms with Gasteiger partial charge in [0.25, 0.3) is 0 Å². The van der Waals surface area contributed by atoms with Crippen LogP contribution < -0.4 is 15.3 Å². The minimum Gasteiger partial charge on any atom is -0.462 e. The maximum Gasteiger partial charge on any atom is 0.459 e. The molecule has 0 spiro atoms. The maximum atomic E-state index is 14.2. The van der Waals surface area contributed by atoms with Crippen LogP contribution in [0.4, 0.5) is 5.82 Å². The molecule has 43 heavy (non-hydrogen) atoms. The zero-order valence-electron chi connectivity index (χ0n) is 28.0. The summed E-state index contributed by atoms with van der Waals surface area (Å²) in [7, 11) is -4.46. The highest BCUT2D eigenvalue weighted by Gasteiger charge is 2.33. The van der Waals surface area contributed by atoms with Crippen molar-refractivity contribution in [1.82, 2.24) is 19.6 Å². The second-order valence-corrected chi connectivity index (χ2v) is 12.0. The number of aromatic nitrogens is 3. The lowest BCUT2D eigenvalue weighted by atomic mass is 10.1. The van der Waals surface area contributed by atoms with E-state index in [0.717, 1.165) is 22.8 Å². The predicted molar refractivity (Wildman–Crippen MR) is 168 cm³/mol. The molecule has 0 aliphatic rings. The molecule has 0 saturated heterocycles. The molecule has 0 aliphatic heterocycles. The van der Waals surface area contributed by atoms with Crippen molar-refractivity contribution < 1.29 is 32.0 Å². The van der Waals surface area contributed by atoms with Crippen LogP contribution in [-0.4, -0.2) is 45.9 Å². The minimum absolute atomic E-state index is 0.124. The van der Waals surface area contributed by atoms with Crippen LogP contribution in [0.15, 0.2) is 54.6 Å². The number of nitrogens with one attached hydrogen (secondary N) is 1. The van der Waals surface area contributed by atoms with Gasteiger partial charge in [-0.3, -0.25) is 9.32 Å². The predicted octanol–water partition coefficient (Wildman–Crippen LogP) is 6.57. The molecule has 4 rings (SSSR count). The maximum absolute atomic E-state index is 14.2. The summed E-state index contributed by atoms with van der Waals surface area (Å²) in [5.74, 6) is 0.0217. The van der Waals surface area contributed by atoms with Gasteiger partial charge in [-0.2, -0.15) is 5.09 Å². The number of fused-ring (bicyclic) bond motifs is 3. The van der Waals surface area contributed by atoms with E-state index in [-0.39, 0.29) is 25.0 Å². The fourth-order valence-corrected chi connectivity index (χ4v) is 6.17. The molecule has 11 nitrogen and oxygen atoms in total. The Morgan fingerprint density at radius 3 is 2.53 bits per heavy atom. The summed E-state index contributed by atoms with van der Waals surface area (Å²) in [4.78, 5) is 22.2. The summed E-state index contributed by atoms with van der Waals surface area (Å²) in [6.45, 7) is 4.81. The Bertz CT molecular complexity index is 1670. The van der Waals surface area contributed by atoms with E-state index >= 15 is 0 Å². The number of ether oxygens (including phenoxy) is 2. The van der Waals surface area contributed by atoms with Crippen molar-refractivity contribution in [2.24, 2.45) is 0 Å². The van der Waals surface area contributed by atoms with Crippen LogP contribution in [0.3, 0.4) is 0 Å². The number of rotatable bonds is 16. The van der Waals surface area contributed by atoms with Crippen molar-refractivity contribution in [1.29, 1.82) is 0 Å². The molecule has 2 aromatic carbocycles. The fraction of sp³-hybridized carbons (Fsp3) is 0.452. The Labute approximate surface area is 256 Å². The van der Waals surface area contributed by atoms with Crippen LogP contribution in [0.5, 0.6) is 5.75 Å². The van der Waals surface area contributed by atoms with Crippen molar-refractivity contribution in [3.05, 3.63) is 60.4 Å². The van der Waals surface area contributed by atoms with Crippen LogP contribution in [0.1, 0.15) is 69.8 Å². The van der Waals surface area contributed by atoms with Crippen molar-refractivity contribution in [2.45, 2.75) is 78.6 Å². The molecule has 0 aliphatic carbocycles. The third-order valence-electron chi connectivity index (χ3n) is 6.61. The lowest BCUT2D eigenvalue weighted by Gasteiger charge is -2.25. The van der Waals surface area contributed by atoms with E-state index < -0.39 is 32.7 Å². The van der Waals surface area contributed by atoms with Crippen LogP contribution in [-0.2, 0) is 30.0 Å². The number of carbonyl (C=O) groups excluding carboxylic acids is 1. The number of imidazole rings is 1. The molecule has 2 aromatic heterocycles. The summed E-state index contributed by atoms with van der Waals surface area (Å²) in [5, 5.41) is 3.24. The number of nitrogens with zero attached hydrogens (tertiary/aromatic N) is 3.